The van der Waals surface area contributed by atoms with E-state index in [1.807, 2.05) is 36.4 Å². The van der Waals surface area contributed by atoms with Crippen LogP contribution in [0.15, 0.2) is 133 Å². The summed E-state index contributed by atoms with van der Waals surface area (Å²) in [5.41, 5.74) is 7.07. The van der Waals surface area contributed by atoms with E-state index in [1.165, 1.54) is 16.6 Å². The van der Waals surface area contributed by atoms with Gasteiger partial charge in [-0.3, -0.25) is 4.90 Å². The van der Waals surface area contributed by atoms with Crippen LogP contribution in [0, 0.1) is 0 Å². The lowest BCUT2D eigenvalue weighted by molar-refractivity contribution is 0.237. The second kappa shape index (κ2) is 15.2. The molecule has 0 amide bonds. The SMILES string of the molecule is CCCCn1c(CN(Cc2ccc(OCc3ccccc3)cc2)Cc2ccc(OCc3ccccc3)cc2)nc2ccccc21. The Kier molecular flexibility index (Phi) is 10.2. The van der Waals surface area contributed by atoms with Crippen molar-refractivity contribution in [2.24, 2.45) is 0 Å². The number of rotatable bonds is 15. The van der Waals surface area contributed by atoms with E-state index in [1.54, 1.807) is 0 Å². The topological polar surface area (TPSA) is 39.5 Å². The summed E-state index contributed by atoms with van der Waals surface area (Å²) in [6, 6.07) is 46.0. The van der Waals surface area contributed by atoms with Crippen molar-refractivity contribution < 1.29 is 9.47 Å². The first-order valence-electron chi connectivity index (χ1n) is 15.9. The number of fused-ring (bicyclic) bond motifs is 1. The van der Waals surface area contributed by atoms with E-state index >= 15 is 0 Å². The highest BCUT2D eigenvalue weighted by Gasteiger charge is 2.16. The molecule has 1 aromatic heterocycles. The van der Waals surface area contributed by atoms with Crippen LogP contribution in [0.1, 0.15) is 47.8 Å². The zero-order valence-corrected chi connectivity index (χ0v) is 26.0. The van der Waals surface area contributed by atoms with Crippen molar-refractivity contribution in [3.05, 3.63) is 162 Å². The summed E-state index contributed by atoms with van der Waals surface area (Å²) in [5, 5.41) is 0. The number of imidazole rings is 1. The Bertz CT molecular complexity index is 1660. The van der Waals surface area contributed by atoms with Gasteiger partial charge in [0.05, 0.1) is 17.6 Å². The predicted octanol–water partition coefficient (Wildman–Crippen LogP) is 9.20. The Morgan fingerprint density at radius 3 is 1.60 bits per heavy atom. The largest absolute Gasteiger partial charge is 0.489 e. The summed E-state index contributed by atoms with van der Waals surface area (Å²) in [4.78, 5) is 7.58. The average Bonchev–Trinajstić information content (AvgIpc) is 3.44. The lowest BCUT2D eigenvalue weighted by Crippen LogP contribution is -2.24. The number of aryl methyl sites for hydroxylation is 1. The molecule has 5 aromatic carbocycles. The second-order valence-electron chi connectivity index (χ2n) is 11.5. The number of hydrogen-bond donors (Lipinski definition) is 0. The number of aromatic nitrogens is 2. The molecule has 0 atom stereocenters. The Labute approximate surface area is 266 Å². The fourth-order valence-corrected chi connectivity index (χ4v) is 5.56. The van der Waals surface area contributed by atoms with Crippen LogP contribution in [0.4, 0.5) is 0 Å². The van der Waals surface area contributed by atoms with Crippen LogP contribution in [0.25, 0.3) is 11.0 Å². The first kappa shape index (κ1) is 30.2. The minimum absolute atomic E-state index is 0.561. The molecular weight excluding hydrogens is 554 g/mol. The minimum Gasteiger partial charge on any atom is -0.489 e. The molecule has 0 saturated heterocycles. The molecular formula is C40H41N3O2. The maximum absolute atomic E-state index is 6.05. The van der Waals surface area contributed by atoms with Crippen molar-refractivity contribution in [2.75, 3.05) is 0 Å². The van der Waals surface area contributed by atoms with E-state index in [0.29, 0.717) is 13.2 Å². The number of para-hydroxylation sites is 2. The van der Waals surface area contributed by atoms with Crippen LogP contribution in [0.2, 0.25) is 0 Å². The fraction of sp³-hybridized carbons (Fsp3) is 0.225. The molecule has 228 valence electrons. The predicted molar refractivity (Wildman–Crippen MR) is 182 cm³/mol. The van der Waals surface area contributed by atoms with Gasteiger partial charge in [-0.25, -0.2) is 4.98 Å². The van der Waals surface area contributed by atoms with Crippen LogP contribution in [-0.4, -0.2) is 14.5 Å². The van der Waals surface area contributed by atoms with E-state index in [4.69, 9.17) is 14.5 Å². The van der Waals surface area contributed by atoms with E-state index in [-0.39, 0.29) is 0 Å². The van der Waals surface area contributed by atoms with Crippen molar-refractivity contribution >= 4 is 11.0 Å². The lowest BCUT2D eigenvalue weighted by Gasteiger charge is -2.23. The third kappa shape index (κ3) is 8.40. The van der Waals surface area contributed by atoms with Gasteiger partial charge in [0.2, 0.25) is 0 Å². The van der Waals surface area contributed by atoms with Crippen LogP contribution < -0.4 is 9.47 Å². The Morgan fingerprint density at radius 2 is 1.07 bits per heavy atom. The van der Waals surface area contributed by atoms with Gasteiger partial charge in [0, 0.05) is 19.6 Å². The Balaban J connectivity index is 1.18. The molecule has 0 saturated carbocycles. The summed E-state index contributed by atoms with van der Waals surface area (Å²) in [6.45, 7) is 6.67. The molecule has 0 aliphatic heterocycles. The van der Waals surface area contributed by atoms with Crippen molar-refractivity contribution in [3.8, 4) is 11.5 Å². The fourth-order valence-electron chi connectivity index (χ4n) is 5.56. The van der Waals surface area contributed by atoms with Gasteiger partial charge in [0.15, 0.2) is 0 Å². The van der Waals surface area contributed by atoms with E-state index in [2.05, 4.69) is 113 Å². The lowest BCUT2D eigenvalue weighted by atomic mass is 10.1. The van der Waals surface area contributed by atoms with Crippen molar-refractivity contribution in [1.82, 2.24) is 14.5 Å². The van der Waals surface area contributed by atoms with Crippen LogP contribution in [0.5, 0.6) is 11.5 Å². The summed E-state index contributed by atoms with van der Waals surface area (Å²) >= 11 is 0. The average molecular weight is 596 g/mol. The third-order valence-corrected chi connectivity index (χ3v) is 7.99. The molecule has 0 aliphatic carbocycles. The molecule has 0 aliphatic rings. The first-order chi connectivity index (χ1) is 22.2. The van der Waals surface area contributed by atoms with Crippen molar-refractivity contribution in [3.63, 3.8) is 0 Å². The number of ether oxygens (including phenoxy) is 2. The van der Waals surface area contributed by atoms with Gasteiger partial charge < -0.3 is 14.0 Å². The zero-order valence-electron chi connectivity index (χ0n) is 26.0. The maximum Gasteiger partial charge on any atom is 0.124 e. The van der Waals surface area contributed by atoms with Crippen LogP contribution in [0.3, 0.4) is 0 Å². The highest BCUT2D eigenvalue weighted by atomic mass is 16.5. The number of nitrogens with zero attached hydrogens (tertiary/aromatic N) is 3. The molecule has 45 heavy (non-hydrogen) atoms. The quantitative estimate of drug-likeness (QED) is 0.119. The van der Waals surface area contributed by atoms with Gasteiger partial charge >= 0.3 is 0 Å². The van der Waals surface area contributed by atoms with Gasteiger partial charge in [-0.2, -0.15) is 0 Å². The monoisotopic (exact) mass is 595 g/mol. The summed E-state index contributed by atoms with van der Waals surface area (Å²) < 4.78 is 14.5. The Morgan fingerprint density at radius 1 is 0.556 bits per heavy atom. The van der Waals surface area contributed by atoms with Gasteiger partial charge in [-0.1, -0.05) is 110 Å². The highest BCUT2D eigenvalue weighted by Crippen LogP contribution is 2.23. The first-order valence-corrected chi connectivity index (χ1v) is 15.9. The van der Waals surface area contributed by atoms with Crippen molar-refractivity contribution in [2.45, 2.75) is 59.2 Å². The van der Waals surface area contributed by atoms with Crippen LogP contribution >= 0.6 is 0 Å². The zero-order chi connectivity index (χ0) is 30.7. The molecule has 6 aromatic rings. The van der Waals surface area contributed by atoms with Crippen LogP contribution in [-0.2, 0) is 39.4 Å². The summed E-state index contributed by atoms with van der Waals surface area (Å²) in [5.74, 6) is 2.86. The second-order valence-corrected chi connectivity index (χ2v) is 11.5. The molecule has 0 spiro atoms. The van der Waals surface area contributed by atoms with E-state index < -0.39 is 0 Å². The standard InChI is InChI=1S/C40H41N3O2/c1-2-3-26-43-39-17-11-10-16-38(39)41-40(43)29-42(27-32-18-22-36(23-19-32)44-30-34-12-6-4-7-13-34)28-33-20-24-37(25-21-33)45-31-35-14-8-5-9-15-35/h4-25H,2-3,26-31H2,1H3. The molecule has 0 N–H and O–H groups in total. The smallest absolute Gasteiger partial charge is 0.124 e. The third-order valence-electron chi connectivity index (χ3n) is 7.99. The molecule has 0 fully saturated rings. The minimum atomic E-state index is 0.561. The van der Waals surface area contributed by atoms with Gasteiger partial charge in [-0.05, 0) is 65.1 Å². The Hall–Kier alpha value is -4.87. The van der Waals surface area contributed by atoms with Gasteiger partial charge in [-0.15, -0.1) is 0 Å². The van der Waals surface area contributed by atoms with E-state index in [0.717, 1.165) is 73.0 Å². The molecule has 6 rings (SSSR count). The molecule has 0 bridgehead atoms. The number of benzene rings is 5. The highest BCUT2D eigenvalue weighted by molar-refractivity contribution is 5.75. The number of unbranched alkanes of at least 4 members (excludes halogenated alkanes) is 1. The molecule has 5 nitrogen and oxygen atoms in total. The van der Waals surface area contributed by atoms with Crippen molar-refractivity contribution in [1.29, 1.82) is 0 Å². The maximum atomic E-state index is 6.05. The molecule has 0 unspecified atom stereocenters. The number of hydrogen-bond acceptors (Lipinski definition) is 4. The normalized spacial score (nSPS) is 11.2. The molecule has 0 radical (unpaired) electrons. The van der Waals surface area contributed by atoms with Gasteiger partial charge in [0.25, 0.3) is 0 Å². The molecule has 5 heteroatoms. The summed E-state index contributed by atoms with van der Waals surface area (Å²) in [7, 11) is 0. The molecule has 1 heterocycles. The van der Waals surface area contributed by atoms with E-state index in [9.17, 15) is 0 Å². The van der Waals surface area contributed by atoms with Gasteiger partial charge in [0.1, 0.15) is 30.5 Å². The summed E-state index contributed by atoms with van der Waals surface area (Å²) in [6.07, 6.45) is 2.27.